The molecule has 24 heavy (non-hydrogen) atoms. The van der Waals surface area contributed by atoms with Gasteiger partial charge >= 0.3 is 0 Å². The lowest BCUT2D eigenvalue weighted by atomic mass is 9.95. The highest BCUT2D eigenvalue weighted by molar-refractivity contribution is 5.95. The molecule has 0 spiro atoms. The van der Waals surface area contributed by atoms with Crippen LogP contribution >= 0.6 is 0 Å². The Balaban J connectivity index is 1.69. The molecule has 2 fully saturated rings. The van der Waals surface area contributed by atoms with E-state index in [9.17, 15) is 9.59 Å². The Hall–Kier alpha value is -1.88. The van der Waals surface area contributed by atoms with Gasteiger partial charge in [-0.05, 0) is 30.9 Å². The number of amides is 2. The SMILES string of the molecule is CC(=O)N1CCN(C(C(=O)Nc2ccccc2)C2CCCC2)CC1. The molecule has 1 atom stereocenters. The average Bonchev–Trinajstić information content (AvgIpc) is 3.10. The lowest BCUT2D eigenvalue weighted by molar-refractivity contribution is -0.132. The van der Waals surface area contributed by atoms with E-state index in [4.69, 9.17) is 0 Å². The number of hydrogen-bond donors (Lipinski definition) is 1. The minimum absolute atomic E-state index is 0.0817. The lowest BCUT2D eigenvalue weighted by Crippen LogP contribution is -2.56. The highest BCUT2D eigenvalue weighted by atomic mass is 16.2. The largest absolute Gasteiger partial charge is 0.340 e. The van der Waals surface area contributed by atoms with Crippen molar-refractivity contribution in [2.75, 3.05) is 31.5 Å². The molecule has 1 saturated heterocycles. The summed E-state index contributed by atoms with van der Waals surface area (Å²) in [5, 5.41) is 3.09. The molecule has 1 unspecified atom stereocenters. The van der Waals surface area contributed by atoms with Crippen molar-refractivity contribution in [3.8, 4) is 0 Å². The topological polar surface area (TPSA) is 52.7 Å². The van der Waals surface area contributed by atoms with Gasteiger partial charge in [0.2, 0.25) is 11.8 Å². The van der Waals surface area contributed by atoms with Gasteiger partial charge in [0.15, 0.2) is 0 Å². The number of hydrogen-bond acceptors (Lipinski definition) is 3. The molecular weight excluding hydrogens is 302 g/mol. The van der Waals surface area contributed by atoms with E-state index in [1.807, 2.05) is 35.2 Å². The summed E-state index contributed by atoms with van der Waals surface area (Å²) in [5.41, 5.74) is 0.855. The maximum atomic E-state index is 13.0. The third-order valence-corrected chi connectivity index (χ3v) is 5.31. The van der Waals surface area contributed by atoms with Crippen molar-refractivity contribution in [3.05, 3.63) is 30.3 Å². The standard InChI is InChI=1S/C19H27N3O2/c1-15(23)21-11-13-22(14-12-21)18(16-7-5-6-8-16)19(24)20-17-9-3-2-4-10-17/h2-4,9-10,16,18H,5-8,11-14H2,1H3,(H,20,24). The van der Waals surface area contributed by atoms with Crippen molar-refractivity contribution in [2.45, 2.75) is 38.6 Å². The Kier molecular flexibility index (Phi) is 5.51. The number of carbonyl (C=O) groups excluding carboxylic acids is 2. The van der Waals surface area contributed by atoms with Crippen molar-refractivity contribution in [2.24, 2.45) is 5.92 Å². The summed E-state index contributed by atoms with van der Waals surface area (Å²) in [6.45, 7) is 4.62. The second-order valence-electron chi connectivity index (χ2n) is 6.89. The number of carbonyl (C=O) groups is 2. The third kappa shape index (κ3) is 3.96. The Morgan fingerprint density at radius 3 is 2.25 bits per heavy atom. The zero-order valence-electron chi connectivity index (χ0n) is 14.4. The van der Waals surface area contributed by atoms with Crippen LogP contribution in [-0.4, -0.2) is 53.8 Å². The number of nitrogens with zero attached hydrogens (tertiary/aromatic N) is 2. The molecule has 1 N–H and O–H groups in total. The minimum atomic E-state index is -0.0817. The molecule has 1 aliphatic heterocycles. The van der Waals surface area contributed by atoms with Crippen molar-refractivity contribution in [1.82, 2.24) is 9.80 Å². The maximum absolute atomic E-state index is 13.0. The van der Waals surface area contributed by atoms with Crippen LogP contribution < -0.4 is 5.32 Å². The Morgan fingerprint density at radius 1 is 1.04 bits per heavy atom. The van der Waals surface area contributed by atoms with Crippen LogP contribution in [0, 0.1) is 5.92 Å². The smallest absolute Gasteiger partial charge is 0.242 e. The molecular formula is C19H27N3O2. The van der Waals surface area contributed by atoms with Gasteiger partial charge in [0, 0.05) is 38.8 Å². The molecule has 0 aromatic heterocycles. The number of nitrogens with one attached hydrogen (secondary N) is 1. The second kappa shape index (κ2) is 7.79. The number of rotatable bonds is 4. The van der Waals surface area contributed by atoms with E-state index in [2.05, 4.69) is 10.2 Å². The summed E-state index contributed by atoms with van der Waals surface area (Å²) in [6.07, 6.45) is 4.68. The fourth-order valence-corrected chi connectivity index (χ4v) is 4.00. The molecule has 1 aromatic carbocycles. The molecule has 0 radical (unpaired) electrons. The molecule has 0 bridgehead atoms. The predicted molar refractivity (Wildman–Crippen MR) is 94.6 cm³/mol. The molecule has 1 aliphatic carbocycles. The molecule has 5 heteroatoms. The van der Waals surface area contributed by atoms with Crippen LogP contribution in [0.15, 0.2) is 30.3 Å². The Bertz CT molecular complexity index is 561. The van der Waals surface area contributed by atoms with E-state index >= 15 is 0 Å². The molecule has 5 nitrogen and oxygen atoms in total. The fourth-order valence-electron chi connectivity index (χ4n) is 4.00. The van der Waals surface area contributed by atoms with Gasteiger partial charge in [-0.1, -0.05) is 31.0 Å². The van der Waals surface area contributed by atoms with Gasteiger partial charge in [0.1, 0.15) is 0 Å². The van der Waals surface area contributed by atoms with Crippen molar-refractivity contribution in [1.29, 1.82) is 0 Å². The Morgan fingerprint density at radius 2 is 1.67 bits per heavy atom. The molecule has 1 heterocycles. The average molecular weight is 329 g/mol. The lowest BCUT2D eigenvalue weighted by Gasteiger charge is -2.40. The van der Waals surface area contributed by atoms with E-state index in [1.54, 1.807) is 6.92 Å². The summed E-state index contributed by atoms with van der Waals surface area (Å²) in [5.74, 6) is 0.655. The van der Waals surface area contributed by atoms with Crippen LogP contribution in [0.5, 0.6) is 0 Å². The first-order valence-corrected chi connectivity index (χ1v) is 9.00. The van der Waals surface area contributed by atoms with Crippen LogP contribution in [0.2, 0.25) is 0 Å². The number of anilines is 1. The molecule has 2 aliphatic rings. The van der Waals surface area contributed by atoms with Gasteiger partial charge < -0.3 is 10.2 Å². The highest BCUT2D eigenvalue weighted by Crippen LogP contribution is 2.31. The number of para-hydroxylation sites is 1. The van der Waals surface area contributed by atoms with E-state index in [0.29, 0.717) is 5.92 Å². The van der Waals surface area contributed by atoms with Crippen molar-refractivity contribution < 1.29 is 9.59 Å². The highest BCUT2D eigenvalue weighted by Gasteiger charge is 2.37. The van der Waals surface area contributed by atoms with Gasteiger partial charge in [-0.2, -0.15) is 0 Å². The zero-order valence-corrected chi connectivity index (χ0v) is 14.4. The van der Waals surface area contributed by atoms with Crippen LogP contribution in [0.3, 0.4) is 0 Å². The number of piperazine rings is 1. The van der Waals surface area contributed by atoms with E-state index in [0.717, 1.165) is 44.7 Å². The van der Waals surface area contributed by atoms with E-state index in [1.165, 1.54) is 12.8 Å². The molecule has 1 saturated carbocycles. The Labute approximate surface area is 144 Å². The van der Waals surface area contributed by atoms with Gasteiger partial charge in [0.05, 0.1) is 6.04 Å². The van der Waals surface area contributed by atoms with Crippen LogP contribution in [-0.2, 0) is 9.59 Å². The summed E-state index contributed by atoms with van der Waals surface area (Å²) < 4.78 is 0. The minimum Gasteiger partial charge on any atom is -0.340 e. The first kappa shape index (κ1) is 17.0. The van der Waals surface area contributed by atoms with Gasteiger partial charge in [-0.3, -0.25) is 14.5 Å². The van der Waals surface area contributed by atoms with Crippen molar-refractivity contribution in [3.63, 3.8) is 0 Å². The van der Waals surface area contributed by atoms with Gasteiger partial charge in [-0.25, -0.2) is 0 Å². The summed E-state index contributed by atoms with van der Waals surface area (Å²) in [6, 6.07) is 9.60. The van der Waals surface area contributed by atoms with Crippen molar-refractivity contribution >= 4 is 17.5 Å². The summed E-state index contributed by atoms with van der Waals surface area (Å²) in [4.78, 5) is 28.7. The van der Waals surface area contributed by atoms with Crippen LogP contribution in [0.25, 0.3) is 0 Å². The normalized spacial score (nSPS) is 20.8. The first-order valence-electron chi connectivity index (χ1n) is 9.00. The first-order chi connectivity index (χ1) is 11.6. The second-order valence-corrected chi connectivity index (χ2v) is 6.89. The molecule has 3 rings (SSSR count). The summed E-state index contributed by atoms with van der Waals surface area (Å²) >= 11 is 0. The van der Waals surface area contributed by atoms with Crippen LogP contribution in [0.1, 0.15) is 32.6 Å². The number of benzene rings is 1. The van der Waals surface area contributed by atoms with Gasteiger partial charge in [0.25, 0.3) is 0 Å². The summed E-state index contributed by atoms with van der Waals surface area (Å²) in [7, 11) is 0. The molecule has 2 amide bonds. The molecule has 130 valence electrons. The van der Waals surface area contributed by atoms with E-state index in [-0.39, 0.29) is 17.9 Å². The third-order valence-electron chi connectivity index (χ3n) is 5.31. The maximum Gasteiger partial charge on any atom is 0.242 e. The van der Waals surface area contributed by atoms with Crippen LogP contribution in [0.4, 0.5) is 5.69 Å². The van der Waals surface area contributed by atoms with Gasteiger partial charge in [-0.15, -0.1) is 0 Å². The fraction of sp³-hybridized carbons (Fsp3) is 0.579. The molecule has 1 aromatic rings. The zero-order chi connectivity index (χ0) is 16.9. The van der Waals surface area contributed by atoms with E-state index < -0.39 is 0 Å². The monoisotopic (exact) mass is 329 g/mol. The quantitative estimate of drug-likeness (QED) is 0.922. The predicted octanol–water partition coefficient (Wildman–Crippen LogP) is 2.35.